The molecule has 0 unspecified atom stereocenters. The maximum Gasteiger partial charge on any atom is 0.387 e. The van der Waals surface area contributed by atoms with Crippen LogP contribution in [0.1, 0.15) is 19.8 Å². The van der Waals surface area contributed by atoms with Crippen LogP contribution in [-0.4, -0.2) is 52.6 Å². The van der Waals surface area contributed by atoms with Gasteiger partial charge in [0.25, 0.3) is 0 Å². The van der Waals surface area contributed by atoms with Gasteiger partial charge >= 0.3 is 6.61 Å². The molecule has 1 aliphatic rings. The van der Waals surface area contributed by atoms with Gasteiger partial charge in [0.15, 0.2) is 0 Å². The molecule has 0 aromatic heterocycles. The number of nitrogens with zero attached hydrogens (tertiary/aromatic N) is 1. The lowest BCUT2D eigenvalue weighted by Gasteiger charge is -2.31. The molecule has 1 heterocycles. The number of hydrogen-bond acceptors (Lipinski definition) is 5. The van der Waals surface area contributed by atoms with E-state index in [9.17, 15) is 25.6 Å². The molecule has 1 fully saturated rings. The van der Waals surface area contributed by atoms with Crippen LogP contribution in [0.3, 0.4) is 0 Å². The molecule has 0 bridgehead atoms. The molecule has 0 atom stereocenters. The van der Waals surface area contributed by atoms with Gasteiger partial charge in [0, 0.05) is 19.1 Å². The Balaban J connectivity index is 2.08. The average Bonchev–Trinajstić information content (AvgIpc) is 2.56. The van der Waals surface area contributed by atoms with Crippen molar-refractivity contribution < 1.29 is 30.4 Å². The van der Waals surface area contributed by atoms with Crippen LogP contribution in [0.2, 0.25) is 5.02 Å². The third-order valence-corrected chi connectivity index (χ3v) is 7.58. The van der Waals surface area contributed by atoms with Crippen molar-refractivity contribution in [3.8, 4) is 5.75 Å². The first-order chi connectivity index (χ1) is 12.0. The first-order valence-corrected chi connectivity index (χ1v) is 11.3. The third-order valence-electron chi connectivity index (χ3n) is 3.94. The Morgan fingerprint density at radius 1 is 1.27 bits per heavy atom. The number of benzene rings is 1. The van der Waals surface area contributed by atoms with E-state index in [4.69, 9.17) is 11.6 Å². The Labute approximate surface area is 156 Å². The van der Waals surface area contributed by atoms with E-state index in [2.05, 4.69) is 9.46 Å². The van der Waals surface area contributed by atoms with Crippen LogP contribution in [0, 0.1) is 0 Å². The maximum atomic E-state index is 12.7. The summed E-state index contributed by atoms with van der Waals surface area (Å²) in [5.41, 5.74) is 0. The summed E-state index contributed by atoms with van der Waals surface area (Å²) in [7, 11) is -7.23. The van der Waals surface area contributed by atoms with E-state index in [0.717, 1.165) is 18.2 Å². The highest BCUT2D eigenvalue weighted by molar-refractivity contribution is 7.89. The molecule has 1 N–H and O–H groups in total. The Morgan fingerprint density at radius 2 is 1.88 bits per heavy atom. The lowest BCUT2D eigenvalue weighted by Crippen LogP contribution is -2.46. The van der Waals surface area contributed by atoms with E-state index >= 15 is 0 Å². The molecule has 1 aromatic carbocycles. The molecule has 7 nitrogen and oxygen atoms in total. The summed E-state index contributed by atoms with van der Waals surface area (Å²) in [5.74, 6) is -0.356. The Hall–Kier alpha value is -1.01. The van der Waals surface area contributed by atoms with Gasteiger partial charge in [-0.2, -0.15) is 13.1 Å². The fourth-order valence-corrected chi connectivity index (χ4v) is 5.23. The zero-order valence-electron chi connectivity index (χ0n) is 13.9. The van der Waals surface area contributed by atoms with E-state index in [1.165, 1.54) is 11.2 Å². The molecule has 1 aromatic rings. The van der Waals surface area contributed by atoms with Crippen LogP contribution in [0.25, 0.3) is 0 Å². The highest BCUT2D eigenvalue weighted by Gasteiger charge is 2.31. The second kappa shape index (κ2) is 8.34. The Kier molecular flexibility index (Phi) is 6.83. The topological polar surface area (TPSA) is 92.8 Å². The molecule has 2 rings (SSSR count). The molecular weight excluding hydrogens is 414 g/mol. The van der Waals surface area contributed by atoms with Crippen molar-refractivity contribution in [3.05, 3.63) is 23.2 Å². The first-order valence-electron chi connectivity index (χ1n) is 7.79. The molecule has 0 aliphatic carbocycles. The van der Waals surface area contributed by atoms with Crippen LogP contribution in [0.4, 0.5) is 8.78 Å². The third kappa shape index (κ3) is 5.26. The minimum Gasteiger partial charge on any atom is -0.433 e. The van der Waals surface area contributed by atoms with Gasteiger partial charge in [-0.25, -0.2) is 21.6 Å². The number of hydrogen-bond donors (Lipinski definition) is 1. The van der Waals surface area contributed by atoms with Crippen molar-refractivity contribution in [2.75, 3.05) is 18.8 Å². The molecule has 0 spiro atoms. The van der Waals surface area contributed by atoms with E-state index in [0.29, 0.717) is 12.8 Å². The zero-order valence-corrected chi connectivity index (χ0v) is 16.3. The average molecular weight is 433 g/mol. The van der Waals surface area contributed by atoms with Crippen molar-refractivity contribution in [3.63, 3.8) is 0 Å². The van der Waals surface area contributed by atoms with Crippen molar-refractivity contribution in [2.24, 2.45) is 0 Å². The molecule has 1 aliphatic heterocycles. The van der Waals surface area contributed by atoms with Gasteiger partial charge in [-0.1, -0.05) is 11.6 Å². The monoisotopic (exact) mass is 432 g/mol. The van der Waals surface area contributed by atoms with E-state index < -0.39 is 26.7 Å². The van der Waals surface area contributed by atoms with Crippen LogP contribution in [0.15, 0.2) is 23.1 Å². The minimum atomic E-state index is -3.87. The number of nitrogens with one attached hydrogen (secondary N) is 1. The van der Waals surface area contributed by atoms with Crippen LogP contribution < -0.4 is 9.46 Å². The number of ether oxygens (including phenoxy) is 1. The summed E-state index contributed by atoms with van der Waals surface area (Å²) < 4.78 is 80.9. The minimum absolute atomic E-state index is 0.0446. The predicted molar refractivity (Wildman–Crippen MR) is 92.5 cm³/mol. The summed E-state index contributed by atoms with van der Waals surface area (Å²) in [6.45, 7) is -1.29. The molecule has 1 saturated heterocycles. The highest BCUT2D eigenvalue weighted by atomic mass is 35.5. The van der Waals surface area contributed by atoms with Gasteiger partial charge in [0.05, 0.1) is 15.7 Å². The van der Waals surface area contributed by atoms with Gasteiger partial charge in [-0.05, 0) is 38.0 Å². The second-order valence-corrected chi connectivity index (χ2v) is 10.1. The van der Waals surface area contributed by atoms with Gasteiger partial charge in [-0.3, -0.25) is 0 Å². The molecule has 12 heteroatoms. The van der Waals surface area contributed by atoms with Crippen molar-refractivity contribution in [1.82, 2.24) is 9.03 Å². The largest absolute Gasteiger partial charge is 0.433 e. The molecule has 0 amide bonds. The lowest BCUT2D eigenvalue weighted by atomic mass is 10.1. The van der Waals surface area contributed by atoms with E-state index in [1.54, 1.807) is 0 Å². The summed E-state index contributed by atoms with van der Waals surface area (Å²) in [6.07, 6.45) is 0.664. The normalized spacial score (nSPS) is 17.6. The summed E-state index contributed by atoms with van der Waals surface area (Å²) in [6, 6.07) is 2.95. The standard InChI is InChI=1S/C14H19ClF2N2O5S2/c1-2-25(20,21)18-10-5-7-19(8-6-10)26(22,23)11-3-4-13(12(15)9-11)24-14(16)17/h3-4,9-10,14,18H,2,5-8H2,1H3. The number of sulfonamides is 2. The summed E-state index contributed by atoms with van der Waals surface area (Å²) >= 11 is 5.81. The van der Waals surface area contributed by atoms with Crippen molar-refractivity contribution >= 4 is 31.6 Å². The quantitative estimate of drug-likeness (QED) is 0.711. The van der Waals surface area contributed by atoms with Crippen LogP contribution in [-0.2, 0) is 20.0 Å². The van der Waals surface area contributed by atoms with Gasteiger partial charge in [0.1, 0.15) is 5.75 Å². The lowest BCUT2D eigenvalue weighted by molar-refractivity contribution is -0.0498. The highest BCUT2D eigenvalue weighted by Crippen LogP contribution is 2.30. The first kappa shape index (κ1) is 21.3. The summed E-state index contributed by atoms with van der Waals surface area (Å²) in [5, 5.41) is -0.239. The molecule has 26 heavy (non-hydrogen) atoms. The fourth-order valence-electron chi connectivity index (χ4n) is 2.53. The van der Waals surface area contributed by atoms with E-state index in [-0.39, 0.29) is 40.6 Å². The second-order valence-electron chi connectivity index (χ2n) is 5.67. The van der Waals surface area contributed by atoms with Gasteiger partial charge < -0.3 is 4.74 Å². The Morgan fingerprint density at radius 3 is 2.38 bits per heavy atom. The van der Waals surface area contributed by atoms with E-state index in [1.807, 2.05) is 0 Å². The Bertz CT molecular complexity index is 841. The fraction of sp³-hybridized carbons (Fsp3) is 0.571. The van der Waals surface area contributed by atoms with Gasteiger partial charge in [-0.15, -0.1) is 0 Å². The number of piperidine rings is 1. The molecule has 148 valence electrons. The predicted octanol–water partition coefficient (Wildman–Crippen LogP) is 2.03. The molecule has 0 radical (unpaired) electrons. The number of halogens is 3. The molecule has 0 saturated carbocycles. The number of alkyl halides is 2. The van der Waals surface area contributed by atoms with Crippen molar-refractivity contribution in [1.29, 1.82) is 0 Å². The van der Waals surface area contributed by atoms with Gasteiger partial charge in [0.2, 0.25) is 20.0 Å². The molecular formula is C14H19ClF2N2O5S2. The smallest absolute Gasteiger partial charge is 0.387 e. The van der Waals surface area contributed by atoms with Crippen molar-refractivity contribution in [2.45, 2.75) is 37.3 Å². The maximum absolute atomic E-state index is 12.7. The van der Waals surface area contributed by atoms with Crippen LogP contribution >= 0.6 is 11.6 Å². The summed E-state index contributed by atoms with van der Waals surface area (Å²) in [4.78, 5) is -0.142. The zero-order chi connectivity index (χ0) is 19.5. The SMILES string of the molecule is CCS(=O)(=O)NC1CCN(S(=O)(=O)c2ccc(OC(F)F)c(Cl)c2)CC1. The van der Waals surface area contributed by atoms with Crippen LogP contribution in [0.5, 0.6) is 5.75 Å². The number of rotatable bonds is 7.